The Labute approximate surface area is 143 Å². The van der Waals surface area contributed by atoms with Crippen molar-refractivity contribution in [1.82, 2.24) is 25.2 Å². The van der Waals surface area contributed by atoms with Crippen molar-refractivity contribution in [1.29, 1.82) is 0 Å². The molecule has 3 aromatic rings. The smallest absolute Gasteiger partial charge is 0.226 e. The fourth-order valence-electron chi connectivity index (χ4n) is 1.96. The summed E-state index contributed by atoms with van der Waals surface area (Å²) in [6.07, 6.45) is 1.65. The molecule has 0 saturated carbocycles. The molecule has 3 rings (SSSR count). The molecule has 0 aliphatic carbocycles. The number of aromatic nitrogens is 5. The molecule has 2 heterocycles. The maximum atomic E-state index is 5.99. The molecule has 0 bridgehead atoms. The van der Waals surface area contributed by atoms with Crippen LogP contribution in [-0.4, -0.2) is 25.2 Å². The van der Waals surface area contributed by atoms with E-state index in [1.165, 1.54) is 11.8 Å². The molecule has 1 aromatic carbocycles. The van der Waals surface area contributed by atoms with Crippen LogP contribution in [0.4, 0.5) is 0 Å². The van der Waals surface area contributed by atoms with Gasteiger partial charge < -0.3 is 4.42 Å². The maximum Gasteiger partial charge on any atom is 0.226 e. The maximum absolute atomic E-state index is 5.99. The molecular weight excluding hydrogens is 334 g/mol. The Morgan fingerprint density at radius 3 is 2.87 bits per heavy atom. The van der Waals surface area contributed by atoms with Gasteiger partial charge in [0.25, 0.3) is 0 Å². The molecule has 0 unspecified atom stereocenters. The Morgan fingerprint density at radius 2 is 2.13 bits per heavy atom. The normalized spacial score (nSPS) is 11.8. The number of tetrazole rings is 1. The van der Waals surface area contributed by atoms with Crippen LogP contribution in [0.5, 0.6) is 0 Å². The fourth-order valence-corrected chi connectivity index (χ4v) is 3.08. The van der Waals surface area contributed by atoms with Crippen molar-refractivity contribution in [3.05, 3.63) is 41.2 Å². The van der Waals surface area contributed by atoms with Gasteiger partial charge in [-0.3, -0.25) is 0 Å². The summed E-state index contributed by atoms with van der Waals surface area (Å²) in [6, 6.07) is 7.42. The molecule has 0 spiro atoms. The minimum atomic E-state index is -0.165. The first kappa shape index (κ1) is 16.0. The van der Waals surface area contributed by atoms with Crippen LogP contribution in [0.15, 0.2) is 40.1 Å². The number of benzene rings is 1. The van der Waals surface area contributed by atoms with Gasteiger partial charge in [0.15, 0.2) is 0 Å². The molecule has 6 nitrogen and oxygen atoms in total. The van der Waals surface area contributed by atoms with Gasteiger partial charge in [0, 0.05) is 16.3 Å². The monoisotopic (exact) mass is 349 g/mol. The van der Waals surface area contributed by atoms with Crippen LogP contribution in [-0.2, 0) is 11.3 Å². The van der Waals surface area contributed by atoms with Crippen LogP contribution >= 0.6 is 23.4 Å². The fraction of sp³-hybridized carbons (Fsp3) is 0.333. The van der Waals surface area contributed by atoms with E-state index in [0.29, 0.717) is 16.7 Å². The third-order valence-corrected chi connectivity index (χ3v) is 4.24. The van der Waals surface area contributed by atoms with E-state index in [4.69, 9.17) is 16.0 Å². The van der Waals surface area contributed by atoms with Gasteiger partial charge in [-0.1, -0.05) is 29.4 Å². The Balaban J connectivity index is 1.72. The first-order valence-electron chi connectivity index (χ1n) is 7.05. The second-order valence-corrected chi connectivity index (χ2v) is 7.37. The first-order valence-corrected chi connectivity index (χ1v) is 8.42. The number of rotatable bonds is 4. The number of thioether (sulfide) groups is 1. The molecule has 0 atom stereocenters. The Kier molecular flexibility index (Phi) is 4.41. The molecule has 0 radical (unpaired) electrons. The minimum Gasteiger partial charge on any atom is -0.444 e. The van der Waals surface area contributed by atoms with E-state index >= 15 is 0 Å². The van der Waals surface area contributed by atoms with Crippen molar-refractivity contribution < 1.29 is 4.42 Å². The SMILES string of the molecule is CC(C)(C)n1nnnc1SCc1coc(-c2cccc(Cl)c2)n1. The molecule has 0 amide bonds. The molecule has 0 saturated heterocycles. The lowest BCUT2D eigenvalue weighted by molar-refractivity contribution is 0.321. The van der Waals surface area contributed by atoms with Gasteiger partial charge in [-0.05, 0) is 49.4 Å². The molecule has 2 aromatic heterocycles. The first-order chi connectivity index (χ1) is 10.9. The highest BCUT2D eigenvalue weighted by Crippen LogP contribution is 2.27. The zero-order chi connectivity index (χ0) is 16.4. The van der Waals surface area contributed by atoms with E-state index < -0.39 is 0 Å². The van der Waals surface area contributed by atoms with Crippen molar-refractivity contribution in [3.63, 3.8) is 0 Å². The lowest BCUT2D eigenvalue weighted by atomic mass is 10.1. The van der Waals surface area contributed by atoms with E-state index in [1.807, 2.05) is 24.3 Å². The quantitative estimate of drug-likeness (QED) is 0.662. The van der Waals surface area contributed by atoms with Gasteiger partial charge in [-0.2, -0.15) is 0 Å². The Morgan fingerprint density at radius 1 is 1.30 bits per heavy atom. The minimum absolute atomic E-state index is 0.165. The largest absolute Gasteiger partial charge is 0.444 e. The van der Waals surface area contributed by atoms with Crippen LogP contribution in [0, 0.1) is 0 Å². The van der Waals surface area contributed by atoms with Crippen LogP contribution in [0.1, 0.15) is 26.5 Å². The lowest BCUT2D eigenvalue weighted by Gasteiger charge is -2.19. The highest BCUT2D eigenvalue weighted by molar-refractivity contribution is 7.98. The lowest BCUT2D eigenvalue weighted by Crippen LogP contribution is -2.24. The van der Waals surface area contributed by atoms with Crippen molar-refractivity contribution in [2.24, 2.45) is 0 Å². The Hall–Kier alpha value is -1.86. The molecule has 0 N–H and O–H groups in total. The molecular formula is C15H16ClN5OS. The number of hydrogen-bond donors (Lipinski definition) is 0. The summed E-state index contributed by atoms with van der Waals surface area (Å²) in [5.41, 5.74) is 1.52. The van der Waals surface area contributed by atoms with E-state index in [2.05, 4.69) is 41.3 Å². The number of oxazole rings is 1. The van der Waals surface area contributed by atoms with Gasteiger partial charge in [0.1, 0.15) is 6.26 Å². The van der Waals surface area contributed by atoms with Crippen LogP contribution in [0.25, 0.3) is 11.5 Å². The summed E-state index contributed by atoms with van der Waals surface area (Å²) < 4.78 is 7.33. The number of nitrogens with zero attached hydrogens (tertiary/aromatic N) is 5. The van der Waals surface area contributed by atoms with E-state index in [-0.39, 0.29) is 5.54 Å². The van der Waals surface area contributed by atoms with Gasteiger partial charge >= 0.3 is 0 Å². The predicted octanol–water partition coefficient (Wildman–Crippen LogP) is 4.03. The highest BCUT2D eigenvalue weighted by Gasteiger charge is 2.20. The predicted molar refractivity (Wildman–Crippen MR) is 89.3 cm³/mol. The Bertz CT molecular complexity index is 808. The summed E-state index contributed by atoms with van der Waals surface area (Å²) in [5, 5.41) is 13.3. The number of halogens is 1. The molecule has 23 heavy (non-hydrogen) atoms. The van der Waals surface area contributed by atoms with Crippen molar-refractivity contribution in [3.8, 4) is 11.5 Å². The van der Waals surface area contributed by atoms with Gasteiger partial charge in [0.05, 0.1) is 11.2 Å². The van der Waals surface area contributed by atoms with Crippen LogP contribution < -0.4 is 0 Å². The third kappa shape index (κ3) is 3.73. The summed E-state index contributed by atoms with van der Waals surface area (Å²) >= 11 is 7.52. The summed E-state index contributed by atoms with van der Waals surface area (Å²) in [5.74, 6) is 1.18. The van der Waals surface area contributed by atoms with E-state index in [1.54, 1.807) is 10.9 Å². The van der Waals surface area contributed by atoms with Crippen LogP contribution in [0.3, 0.4) is 0 Å². The number of hydrogen-bond acceptors (Lipinski definition) is 6. The van der Waals surface area contributed by atoms with Gasteiger partial charge in [0.2, 0.25) is 11.0 Å². The van der Waals surface area contributed by atoms with Crippen molar-refractivity contribution in [2.75, 3.05) is 0 Å². The molecule has 0 aliphatic heterocycles. The average molecular weight is 350 g/mol. The topological polar surface area (TPSA) is 69.6 Å². The molecule has 120 valence electrons. The standard InChI is InChI=1S/C15H16ClN5OS/c1-15(2,3)21-14(18-19-20-21)23-9-12-8-22-13(17-12)10-5-4-6-11(16)7-10/h4-8H,9H2,1-3H3. The molecule has 0 aliphatic rings. The van der Waals surface area contributed by atoms with Crippen molar-refractivity contribution >= 4 is 23.4 Å². The zero-order valence-corrected chi connectivity index (χ0v) is 14.6. The highest BCUT2D eigenvalue weighted by atomic mass is 35.5. The summed E-state index contributed by atoms with van der Waals surface area (Å²) in [6.45, 7) is 6.17. The summed E-state index contributed by atoms with van der Waals surface area (Å²) in [7, 11) is 0. The third-order valence-electron chi connectivity index (χ3n) is 3.05. The summed E-state index contributed by atoms with van der Waals surface area (Å²) in [4.78, 5) is 4.49. The van der Waals surface area contributed by atoms with E-state index in [0.717, 1.165) is 16.4 Å². The van der Waals surface area contributed by atoms with Crippen LogP contribution in [0.2, 0.25) is 5.02 Å². The van der Waals surface area contributed by atoms with Gasteiger partial charge in [-0.15, -0.1) is 5.10 Å². The van der Waals surface area contributed by atoms with Crippen molar-refractivity contribution in [2.45, 2.75) is 37.2 Å². The molecule has 8 heteroatoms. The van der Waals surface area contributed by atoms with Gasteiger partial charge in [-0.25, -0.2) is 9.67 Å². The average Bonchev–Trinajstić information content (AvgIpc) is 3.14. The second-order valence-electron chi connectivity index (χ2n) is 5.99. The molecule has 0 fully saturated rings. The zero-order valence-electron chi connectivity index (χ0n) is 13.0. The second kappa shape index (κ2) is 6.33. The van der Waals surface area contributed by atoms with E-state index in [9.17, 15) is 0 Å².